The van der Waals surface area contributed by atoms with Gasteiger partial charge in [-0.25, -0.2) is 4.98 Å². The molecule has 0 spiro atoms. The maximum Gasteiger partial charge on any atom is 0.416 e. The fourth-order valence-electron chi connectivity index (χ4n) is 1.69. The fraction of sp³-hybridized carbons (Fsp3) is 0.286. The number of benzene rings is 1. The summed E-state index contributed by atoms with van der Waals surface area (Å²) in [6.07, 6.45) is -3.21. The van der Waals surface area contributed by atoms with Gasteiger partial charge in [0.1, 0.15) is 18.4 Å². The molecular formula is C14H12F3NO3. The molecule has 0 N–H and O–H groups in total. The number of rotatable bonds is 4. The molecule has 1 aromatic heterocycles. The number of esters is 1. The maximum atomic E-state index is 12.5. The second kappa shape index (κ2) is 5.99. The first kappa shape index (κ1) is 15.1. The fourth-order valence-corrected chi connectivity index (χ4v) is 1.69. The summed E-state index contributed by atoms with van der Waals surface area (Å²) in [6, 6.07) is 4.54. The third-order valence-electron chi connectivity index (χ3n) is 2.66. The number of halogens is 3. The molecule has 0 amide bonds. The van der Waals surface area contributed by atoms with Gasteiger partial charge in [-0.05, 0) is 19.1 Å². The van der Waals surface area contributed by atoms with E-state index in [0.29, 0.717) is 11.3 Å². The standard InChI is InChI=1S/C14H12F3NO3/c1-2-20-13(19)7-12-18-11(8-21-12)9-3-5-10(6-4-9)14(15,16)17/h3-6,8H,2,7H2,1H3. The van der Waals surface area contributed by atoms with Crippen LogP contribution in [0.25, 0.3) is 11.3 Å². The lowest BCUT2D eigenvalue weighted by Crippen LogP contribution is -2.07. The first-order valence-electron chi connectivity index (χ1n) is 6.18. The van der Waals surface area contributed by atoms with E-state index >= 15 is 0 Å². The number of ether oxygens (including phenoxy) is 1. The molecule has 0 unspecified atom stereocenters. The lowest BCUT2D eigenvalue weighted by atomic mass is 10.1. The molecule has 0 atom stereocenters. The Balaban J connectivity index is 2.12. The minimum absolute atomic E-state index is 0.117. The SMILES string of the molecule is CCOC(=O)Cc1nc(-c2ccc(C(F)(F)F)cc2)co1. The second-order valence-electron chi connectivity index (χ2n) is 4.18. The zero-order valence-corrected chi connectivity index (χ0v) is 11.1. The number of alkyl halides is 3. The molecule has 2 rings (SSSR count). The van der Waals surface area contributed by atoms with Crippen molar-refractivity contribution in [1.29, 1.82) is 0 Å². The molecule has 4 nitrogen and oxygen atoms in total. The van der Waals surface area contributed by atoms with Gasteiger partial charge in [0.2, 0.25) is 5.89 Å². The van der Waals surface area contributed by atoms with Crippen LogP contribution >= 0.6 is 0 Å². The summed E-state index contributed by atoms with van der Waals surface area (Å²) in [5.74, 6) is -0.318. The largest absolute Gasteiger partial charge is 0.466 e. The zero-order valence-electron chi connectivity index (χ0n) is 11.1. The van der Waals surface area contributed by atoms with E-state index in [9.17, 15) is 18.0 Å². The van der Waals surface area contributed by atoms with E-state index in [-0.39, 0.29) is 18.9 Å². The van der Waals surface area contributed by atoms with Gasteiger partial charge in [-0.2, -0.15) is 13.2 Å². The summed E-state index contributed by atoms with van der Waals surface area (Å²) >= 11 is 0. The molecule has 1 aromatic carbocycles. The molecule has 0 radical (unpaired) electrons. The molecular weight excluding hydrogens is 287 g/mol. The molecule has 21 heavy (non-hydrogen) atoms. The van der Waals surface area contributed by atoms with Gasteiger partial charge in [0.05, 0.1) is 12.2 Å². The third-order valence-corrected chi connectivity index (χ3v) is 2.66. The van der Waals surface area contributed by atoms with Gasteiger partial charge < -0.3 is 9.15 Å². The molecule has 0 saturated carbocycles. The van der Waals surface area contributed by atoms with Crippen LogP contribution in [0.3, 0.4) is 0 Å². The Morgan fingerprint density at radius 3 is 2.52 bits per heavy atom. The summed E-state index contributed by atoms with van der Waals surface area (Å²) < 4.78 is 47.2. The van der Waals surface area contributed by atoms with Gasteiger partial charge >= 0.3 is 12.1 Å². The third kappa shape index (κ3) is 3.84. The van der Waals surface area contributed by atoms with Crippen LogP contribution in [0.15, 0.2) is 34.9 Å². The van der Waals surface area contributed by atoms with E-state index in [1.54, 1.807) is 6.92 Å². The number of aromatic nitrogens is 1. The van der Waals surface area contributed by atoms with Gasteiger partial charge in [-0.3, -0.25) is 4.79 Å². The summed E-state index contributed by atoms with van der Waals surface area (Å²) in [6.45, 7) is 1.94. The van der Waals surface area contributed by atoms with Crippen molar-refractivity contribution >= 4 is 5.97 Å². The molecule has 112 valence electrons. The Morgan fingerprint density at radius 1 is 1.29 bits per heavy atom. The smallest absolute Gasteiger partial charge is 0.416 e. The second-order valence-corrected chi connectivity index (χ2v) is 4.18. The number of hydrogen-bond donors (Lipinski definition) is 0. The van der Waals surface area contributed by atoms with Gasteiger partial charge in [0.15, 0.2) is 0 Å². The average molecular weight is 299 g/mol. The summed E-state index contributed by atoms with van der Waals surface area (Å²) in [7, 11) is 0. The highest BCUT2D eigenvalue weighted by atomic mass is 19.4. The molecule has 7 heteroatoms. The van der Waals surface area contributed by atoms with Crippen LogP contribution in [0.4, 0.5) is 13.2 Å². The summed E-state index contributed by atoms with van der Waals surface area (Å²) in [5.41, 5.74) is 0.103. The predicted octanol–water partition coefficient (Wildman–Crippen LogP) is 3.47. The van der Waals surface area contributed by atoms with Crippen molar-refractivity contribution in [3.63, 3.8) is 0 Å². The lowest BCUT2D eigenvalue weighted by molar-refractivity contribution is -0.142. The van der Waals surface area contributed by atoms with Crippen molar-refractivity contribution in [3.8, 4) is 11.3 Å². The van der Waals surface area contributed by atoms with E-state index in [2.05, 4.69) is 4.98 Å². The average Bonchev–Trinajstić information content (AvgIpc) is 2.86. The monoisotopic (exact) mass is 299 g/mol. The first-order valence-corrected chi connectivity index (χ1v) is 6.18. The van der Waals surface area contributed by atoms with Gasteiger partial charge in [-0.1, -0.05) is 12.1 Å². The van der Waals surface area contributed by atoms with Crippen LogP contribution in [0.1, 0.15) is 18.4 Å². The highest BCUT2D eigenvalue weighted by Gasteiger charge is 2.30. The highest BCUT2D eigenvalue weighted by Crippen LogP contribution is 2.30. The Hall–Kier alpha value is -2.31. The van der Waals surface area contributed by atoms with E-state index in [1.807, 2.05) is 0 Å². The number of carbonyl (C=O) groups is 1. The highest BCUT2D eigenvalue weighted by molar-refractivity contribution is 5.71. The molecule has 0 aliphatic rings. The van der Waals surface area contributed by atoms with Crippen LogP contribution in [0.2, 0.25) is 0 Å². The topological polar surface area (TPSA) is 52.3 Å². The minimum Gasteiger partial charge on any atom is -0.466 e. The number of nitrogens with zero attached hydrogens (tertiary/aromatic N) is 1. The molecule has 0 aliphatic heterocycles. The van der Waals surface area contributed by atoms with Crippen molar-refractivity contribution in [2.75, 3.05) is 6.61 Å². The predicted molar refractivity (Wildman–Crippen MR) is 67.3 cm³/mol. The lowest BCUT2D eigenvalue weighted by Gasteiger charge is -2.06. The molecule has 0 fully saturated rings. The molecule has 1 heterocycles. The summed E-state index contributed by atoms with van der Waals surface area (Å²) in [4.78, 5) is 15.3. The normalized spacial score (nSPS) is 11.4. The zero-order chi connectivity index (χ0) is 15.5. The van der Waals surface area contributed by atoms with Crippen molar-refractivity contribution in [2.45, 2.75) is 19.5 Å². The molecule has 2 aromatic rings. The summed E-state index contributed by atoms with van der Waals surface area (Å²) in [5, 5.41) is 0. The van der Waals surface area contributed by atoms with Crippen LogP contribution < -0.4 is 0 Å². The number of oxazole rings is 1. The quantitative estimate of drug-likeness (QED) is 0.811. The Morgan fingerprint density at radius 2 is 1.95 bits per heavy atom. The maximum absolute atomic E-state index is 12.5. The Labute approximate surface area is 118 Å². The minimum atomic E-state index is -4.38. The number of hydrogen-bond acceptors (Lipinski definition) is 4. The molecule has 0 aliphatic carbocycles. The Bertz CT molecular complexity index is 617. The Kier molecular flexibility index (Phi) is 4.30. The van der Waals surface area contributed by atoms with Crippen LogP contribution in [-0.2, 0) is 22.1 Å². The van der Waals surface area contributed by atoms with Gasteiger partial charge in [0.25, 0.3) is 0 Å². The van der Waals surface area contributed by atoms with Crippen molar-refractivity contribution in [3.05, 3.63) is 42.0 Å². The first-order chi connectivity index (χ1) is 9.90. The van der Waals surface area contributed by atoms with Crippen molar-refractivity contribution < 1.29 is 27.1 Å². The van der Waals surface area contributed by atoms with Gasteiger partial charge in [-0.15, -0.1) is 0 Å². The molecule has 0 bridgehead atoms. The van der Waals surface area contributed by atoms with Crippen molar-refractivity contribution in [2.24, 2.45) is 0 Å². The van der Waals surface area contributed by atoms with E-state index in [4.69, 9.17) is 9.15 Å². The van der Waals surface area contributed by atoms with Crippen molar-refractivity contribution in [1.82, 2.24) is 4.98 Å². The van der Waals surface area contributed by atoms with E-state index < -0.39 is 17.7 Å². The molecule has 0 saturated heterocycles. The van der Waals surface area contributed by atoms with Crippen LogP contribution in [0, 0.1) is 0 Å². The van der Waals surface area contributed by atoms with Gasteiger partial charge in [0, 0.05) is 5.56 Å². The van der Waals surface area contributed by atoms with E-state index in [1.165, 1.54) is 18.4 Å². The number of carbonyl (C=O) groups excluding carboxylic acids is 1. The van der Waals surface area contributed by atoms with Crippen LogP contribution in [-0.4, -0.2) is 17.6 Å². The van der Waals surface area contributed by atoms with Crippen LogP contribution in [0.5, 0.6) is 0 Å². The van der Waals surface area contributed by atoms with E-state index in [0.717, 1.165) is 12.1 Å².